The number of imidazole rings is 1. The molecule has 1 atom stereocenters. The number of fused-ring (bicyclic) bond motifs is 1. The topological polar surface area (TPSA) is 118 Å². The lowest BCUT2D eigenvalue weighted by atomic mass is 9.99. The Hall–Kier alpha value is -3.76. The summed E-state index contributed by atoms with van der Waals surface area (Å²) in [7, 11) is 0. The molecule has 2 amide bonds. The van der Waals surface area contributed by atoms with E-state index in [1.54, 1.807) is 16.8 Å². The van der Waals surface area contributed by atoms with Gasteiger partial charge in [-0.05, 0) is 49.1 Å². The van der Waals surface area contributed by atoms with Crippen molar-refractivity contribution < 1.29 is 19.2 Å². The highest BCUT2D eigenvalue weighted by atomic mass is 16.7. The molecule has 10 nitrogen and oxygen atoms in total. The monoisotopic (exact) mass is 462 g/mol. The van der Waals surface area contributed by atoms with Crippen LogP contribution in [0.2, 0.25) is 0 Å². The molecule has 34 heavy (non-hydrogen) atoms. The number of aromatic nitrogens is 2. The van der Waals surface area contributed by atoms with Crippen molar-refractivity contribution in [2.24, 2.45) is 10.9 Å². The number of benzene rings is 1. The van der Waals surface area contributed by atoms with Crippen LogP contribution in [-0.2, 0) is 14.4 Å². The van der Waals surface area contributed by atoms with Crippen molar-refractivity contribution in [1.82, 2.24) is 20.2 Å². The number of amides is 2. The van der Waals surface area contributed by atoms with Crippen molar-refractivity contribution in [3.8, 4) is 0 Å². The maximum Gasteiger partial charge on any atom is 0.274 e. The van der Waals surface area contributed by atoms with Crippen molar-refractivity contribution in [3.05, 3.63) is 65.6 Å². The van der Waals surface area contributed by atoms with Crippen LogP contribution in [0.1, 0.15) is 40.6 Å². The maximum absolute atomic E-state index is 12.9. The maximum atomic E-state index is 12.9. The molecule has 0 spiro atoms. The number of hydrogen-bond acceptors (Lipinski definition) is 7. The summed E-state index contributed by atoms with van der Waals surface area (Å²) in [6.45, 7) is 3.36. The number of rotatable bonds is 6. The Labute approximate surface area is 196 Å². The summed E-state index contributed by atoms with van der Waals surface area (Å²) in [4.78, 5) is 39.5. The predicted molar refractivity (Wildman–Crippen MR) is 125 cm³/mol. The number of ether oxygens (including phenoxy) is 1. The lowest BCUT2D eigenvalue weighted by Gasteiger charge is -2.20. The van der Waals surface area contributed by atoms with Gasteiger partial charge < -0.3 is 20.2 Å². The fraction of sp³-hybridized carbons (Fsp3) is 0.333. The van der Waals surface area contributed by atoms with Gasteiger partial charge >= 0.3 is 0 Å². The van der Waals surface area contributed by atoms with Gasteiger partial charge in [0.1, 0.15) is 11.3 Å². The molecular weight excluding hydrogens is 436 g/mol. The predicted octanol–water partition coefficient (Wildman–Crippen LogP) is 2.37. The smallest absolute Gasteiger partial charge is 0.274 e. The number of carbonyl (C=O) groups excluding carboxylic acids is 2. The molecule has 1 unspecified atom stereocenters. The molecule has 0 radical (unpaired) electrons. The van der Waals surface area contributed by atoms with Crippen LogP contribution in [-0.4, -0.2) is 46.9 Å². The largest absolute Gasteiger partial charge is 0.389 e. The normalized spacial score (nSPS) is 18.4. The van der Waals surface area contributed by atoms with Crippen LogP contribution < -0.4 is 16.1 Å². The summed E-state index contributed by atoms with van der Waals surface area (Å²) >= 11 is 0. The first-order valence-corrected chi connectivity index (χ1v) is 11.3. The minimum atomic E-state index is -0.443. The fourth-order valence-electron chi connectivity index (χ4n) is 4.04. The lowest BCUT2D eigenvalue weighted by molar-refractivity contribution is -0.127. The van der Waals surface area contributed by atoms with E-state index in [9.17, 15) is 9.59 Å². The van der Waals surface area contributed by atoms with Crippen LogP contribution in [0.25, 0.3) is 5.65 Å². The number of anilines is 1. The lowest BCUT2D eigenvalue weighted by Crippen LogP contribution is -2.37. The third kappa shape index (κ3) is 4.63. The first kappa shape index (κ1) is 22.1. The number of carbonyl (C=O) groups is 2. The summed E-state index contributed by atoms with van der Waals surface area (Å²) in [5, 5.41) is 5.86. The first-order valence-electron chi connectivity index (χ1n) is 11.3. The molecule has 0 bridgehead atoms. The van der Waals surface area contributed by atoms with Gasteiger partial charge in [0.15, 0.2) is 6.17 Å². The molecule has 0 saturated carbocycles. The minimum Gasteiger partial charge on any atom is -0.389 e. The average molecular weight is 463 g/mol. The highest BCUT2D eigenvalue weighted by molar-refractivity contribution is 6.04. The van der Waals surface area contributed by atoms with Crippen LogP contribution in [0.3, 0.4) is 0 Å². The van der Waals surface area contributed by atoms with Gasteiger partial charge in [0.25, 0.3) is 5.91 Å². The minimum absolute atomic E-state index is 0.00854. The highest BCUT2D eigenvalue weighted by Gasteiger charge is 2.25. The molecule has 1 aromatic carbocycles. The average Bonchev–Trinajstić information content (AvgIpc) is 3.52. The van der Waals surface area contributed by atoms with E-state index in [2.05, 4.69) is 26.1 Å². The molecule has 1 fully saturated rings. The van der Waals surface area contributed by atoms with Crippen molar-refractivity contribution in [3.63, 3.8) is 0 Å². The van der Waals surface area contributed by atoms with Crippen molar-refractivity contribution in [2.75, 3.05) is 25.1 Å². The van der Waals surface area contributed by atoms with Gasteiger partial charge in [-0.15, -0.1) is 5.48 Å². The molecule has 3 aromatic rings. The summed E-state index contributed by atoms with van der Waals surface area (Å²) in [6, 6.07) is 11.3. The van der Waals surface area contributed by atoms with Gasteiger partial charge in [0.2, 0.25) is 11.8 Å². The molecule has 2 aliphatic heterocycles. The third-order valence-electron chi connectivity index (χ3n) is 6.04. The van der Waals surface area contributed by atoms with E-state index in [-0.39, 0.29) is 24.3 Å². The van der Waals surface area contributed by atoms with Gasteiger partial charge in [0, 0.05) is 31.0 Å². The number of aryl methyl sites for hydroxylation is 1. The van der Waals surface area contributed by atoms with Crippen molar-refractivity contribution >= 4 is 29.0 Å². The van der Waals surface area contributed by atoms with E-state index in [1.165, 1.54) is 0 Å². The van der Waals surface area contributed by atoms with Crippen molar-refractivity contribution in [2.45, 2.75) is 25.9 Å². The van der Waals surface area contributed by atoms with E-state index in [0.29, 0.717) is 36.1 Å². The zero-order valence-electron chi connectivity index (χ0n) is 18.8. The second-order valence-corrected chi connectivity index (χ2v) is 8.35. The van der Waals surface area contributed by atoms with E-state index in [1.807, 2.05) is 43.3 Å². The Balaban J connectivity index is 1.25. The van der Waals surface area contributed by atoms with Crippen LogP contribution in [0.15, 0.2) is 53.8 Å². The van der Waals surface area contributed by atoms with E-state index in [0.717, 1.165) is 24.0 Å². The zero-order chi connectivity index (χ0) is 23.5. The Morgan fingerprint density at radius 1 is 1.21 bits per heavy atom. The van der Waals surface area contributed by atoms with Gasteiger partial charge in [-0.2, -0.15) is 0 Å². The molecule has 5 rings (SSSR count). The number of nitrogens with one attached hydrogen (secondary N) is 3. The van der Waals surface area contributed by atoms with Gasteiger partial charge in [-0.1, -0.05) is 18.2 Å². The molecule has 2 aromatic heterocycles. The van der Waals surface area contributed by atoms with Crippen LogP contribution in [0.5, 0.6) is 0 Å². The Kier molecular flexibility index (Phi) is 6.24. The highest BCUT2D eigenvalue weighted by Crippen LogP contribution is 2.25. The second kappa shape index (κ2) is 9.62. The molecule has 0 aliphatic carbocycles. The molecule has 4 heterocycles. The number of hydroxylamine groups is 1. The second-order valence-electron chi connectivity index (χ2n) is 8.35. The van der Waals surface area contributed by atoms with E-state index in [4.69, 9.17) is 9.57 Å². The van der Waals surface area contributed by atoms with E-state index < -0.39 is 6.17 Å². The Bertz CT molecular complexity index is 1250. The number of nitrogens with zero attached hydrogens (tertiary/aromatic N) is 3. The van der Waals surface area contributed by atoms with Gasteiger partial charge in [0.05, 0.1) is 12.7 Å². The Morgan fingerprint density at radius 2 is 2.06 bits per heavy atom. The van der Waals surface area contributed by atoms with Gasteiger partial charge in [-0.25, -0.2) is 9.98 Å². The summed E-state index contributed by atoms with van der Waals surface area (Å²) in [5.74, 6) is 0.110. The first-order chi connectivity index (χ1) is 16.6. The standard InChI is InChI=1S/C24H26N6O4/c1-15-5-6-17(12-18(15)27-24(32)19-13-25-20-4-2-3-9-30(19)20)22-28-21(34-29-22)14-26-23(31)16-7-10-33-11-8-16/h2-6,9,12-13,16,22,29H,7-8,10-11,14H2,1H3,(H,26,31)(H,27,32). The van der Waals surface area contributed by atoms with E-state index >= 15 is 0 Å². The van der Waals surface area contributed by atoms with Crippen LogP contribution >= 0.6 is 0 Å². The Morgan fingerprint density at radius 3 is 2.91 bits per heavy atom. The SMILES string of the molecule is Cc1ccc(C2N=C(CNC(=O)C3CCOCC3)ON2)cc1NC(=O)c1cnc2ccccn12. The third-order valence-corrected chi connectivity index (χ3v) is 6.04. The summed E-state index contributed by atoms with van der Waals surface area (Å²) in [5.41, 5.74) is 6.44. The zero-order valence-corrected chi connectivity index (χ0v) is 18.8. The molecular formula is C24H26N6O4. The fourth-order valence-corrected chi connectivity index (χ4v) is 4.04. The number of pyridine rings is 1. The molecule has 176 valence electrons. The molecule has 3 N–H and O–H groups in total. The van der Waals surface area contributed by atoms with Crippen LogP contribution in [0, 0.1) is 12.8 Å². The quantitative estimate of drug-likeness (QED) is 0.518. The number of hydrogen-bond donors (Lipinski definition) is 3. The number of aliphatic imine (C=N–C) groups is 1. The molecule has 10 heteroatoms. The molecule has 2 aliphatic rings. The summed E-state index contributed by atoms with van der Waals surface area (Å²) in [6.07, 6.45) is 4.38. The van der Waals surface area contributed by atoms with Crippen LogP contribution in [0.4, 0.5) is 5.69 Å². The van der Waals surface area contributed by atoms with Crippen molar-refractivity contribution in [1.29, 1.82) is 0 Å². The van der Waals surface area contributed by atoms with Gasteiger partial charge in [-0.3, -0.25) is 14.0 Å². The molecule has 1 saturated heterocycles. The summed E-state index contributed by atoms with van der Waals surface area (Å²) < 4.78 is 7.05.